The van der Waals surface area contributed by atoms with Gasteiger partial charge in [0.2, 0.25) is 5.95 Å². The van der Waals surface area contributed by atoms with Crippen LogP contribution in [0.5, 0.6) is 12.0 Å². The van der Waals surface area contributed by atoms with E-state index < -0.39 is 0 Å². The predicted molar refractivity (Wildman–Crippen MR) is 65.9 cm³/mol. The maximum absolute atomic E-state index is 5.79. The normalized spacial score (nSPS) is 13.9. The summed E-state index contributed by atoms with van der Waals surface area (Å²) in [6, 6.07) is 0.569. The second-order valence-electron chi connectivity index (χ2n) is 3.70. The highest BCUT2D eigenvalue weighted by atomic mass is 35.5. The van der Waals surface area contributed by atoms with E-state index in [0.29, 0.717) is 17.7 Å². The highest BCUT2D eigenvalue weighted by Crippen LogP contribution is 2.15. The SMILES string of the molecule is COc1nc(NC(C)C(C)CCl)nc(OC)n1. The standard InChI is InChI=1S/C10H17ClN4O2/c1-6(5-11)7(2)12-8-13-9(16-3)15-10(14-8)17-4/h6-7H,5H2,1-4H3,(H,12,13,14,15). The van der Waals surface area contributed by atoms with Crippen molar-refractivity contribution in [2.75, 3.05) is 25.4 Å². The first-order valence-electron chi connectivity index (χ1n) is 5.27. The number of hydrogen-bond donors (Lipinski definition) is 1. The number of aromatic nitrogens is 3. The van der Waals surface area contributed by atoms with E-state index in [2.05, 4.69) is 20.3 Å². The van der Waals surface area contributed by atoms with Gasteiger partial charge in [0.15, 0.2) is 0 Å². The number of ether oxygens (including phenoxy) is 2. The molecule has 6 nitrogen and oxygen atoms in total. The molecule has 1 N–H and O–H groups in total. The predicted octanol–water partition coefficient (Wildman–Crippen LogP) is 1.56. The van der Waals surface area contributed by atoms with E-state index in [1.165, 1.54) is 14.2 Å². The molecule has 2 unspecified atom stereocenters. The Morgan fingerprint density at radius 2 is 1.65 bits per heavy atom. The summed E-state index contributed by atoms with van der Waals surface area (Å²) in [6.07, 6.45) is 0. The van der Waals surface area contributed by atoms with E-state index in [1.54, 1.807) is 0 Å². The Hall–Kier alpha value is -1.30. The molecule has 1 aromatic rings. The molecule has 0 radical (unpaired) electrons. The second kappa shape index (κ2) is 6.44. The molecule has 0 aromatic carbocycles. The van der Waals surface area contributed by atoms with E-state index in [4.69, 9.17) is 21.1 Å². The fraction of sp³-hybridized carbons (Fsp3) is 0.700. The topological polar surface area (TPSA) is 69.2 Å². The van der Waals surface area contributed by atoms with Gasteiger partial charge < -0.3 is 14.8 Å². The Morgan fingerprint density at radius 3 is 2.06 bits per heavy atom. The van der Waals surface area contributed by atoms with Crippen LogP contribution in [0.1, 0.15) is 13.8 Å². The van der Waals surface area contributed by atoms with Gasteiger partial charge in [-0.3, -0.25) is 0 Å². The summed E-state index contributed by atoms with van der Waals surface area (Å²) in [5, 5.41) is 3.14. The summed E-state index contributed by atoms with van der Waals surface area (Å²) in [5.74, 6) is 1.27. The van der Waals surface area contributed by atoms with Crippen molar-refractivity contribution in [2.45, 2.75) is 19.9 Å². The minimum atomic E-state index is 0.143. The molecular formula is C10H17ClN4O2. The lowest BCUT2D eigenvalue weighted by molar-refractivity contribution is 0.340. The quantitative estimate of drug-likeness (QED) is 0.783. The lowest BCUT2D eigenvalue weighted by Gasteiger charge is -2.19. The van der Waals surface area contributed by atoms with Gasteiger partial charge in [0.05, 0.1) is 14.2 Å². The maximum atomic E-state index is 5.79. The molecule has 0 aliphatic heterocycles. The molecule has 0 saturated heterocycles. The van der Waals surface area contributed by atoms with Crippen LogP contribution in [-0.2, 0) is 0 Å². The van der Waals surface area contributed by atoms with Crippen LogP contribution in [0.15, 0.2) is 0 Å². The third-order valence-corrected chi connectivity index (χ3v) is 2.90. The molecule has 2 atom stereocenters. The van der Waals surface area contributed by atoms with Crippen molar-refractivity contribution in [3.63, 3.8) is 0 Å². The molecule has 0 spiro atoms. The number of methoxy groups -OCH3 is 2. The van der Waals surface area contributed by atoms with Crippen LogP contribution < -0.4 is 14.8 Å². The van der Waals surface area contributed by atoms with Crippen LogP contribution in [0.2, 0.25) is 0 Å². The molecular weight excluding hydrogens is 244 g/mol. The molecule has 96 valence electrons. The minimum absolute atomic E-state index is 0.143. The third kappa shape index (κ3) is 3.89. The Kier molecular flexibility index (Phi) is 5.21. The van der Waals surface area contributed by atoms with Crippen LogP contribution in [-0.4, -0.2) is 41.1 Å². The minimum Gasteiger partial charge on any atom is -0.467 e. The number of nitrogens with one attached hydrogen (secondary N) is 1. The van der Waals surface area contributed by atoms with Crippen LogP contribution >= 0.6 is 11.6 Å². The largest absolute Gasteiger partial charge is 0.467 e. The molecule has 1 rings (SSSR count). The molecule has 0 aliphatic rings. The van der Waals surface area contributed by atoms with Crippen LogP contribution in [0, 0.1) is 5.92 Å². The van der Waals surface area contributed by atoms with Gasteiger partial charge >= 0.3 is 12.0 Å². The Morgan fingerprint density at radius 1 is 1.12 bits per heavy atom. The second-order valence-corrected chi connectivity index (χ2v) is 4.01. The van der Waals surface area contributed by atoms with E-state index >= 15 is 0 Å². The molecule has 7 heteroatoms. The smallest absolute Gasteiger partial charge is 0.324 e. The number of hydrogen-bond acceptors (Lipinski definition) is 6. The Labute approximate surface area is 106 Å². The van der Waals surface area contributed by atoms with Gasteiger partial charge in [-0.25, -0.2) is 0 Å². The van der Waals surface area contributed by atoms with E-state index in [9.17, 15) is 0 Å². The van der Waals surface area contributed by atoms with Crippen LogP contribution in [0.3, 0.4) is 0 Å². The van der Waals surface area contributed by atoms with Gasteiger partial charge in [0, 0.05) is 11.9 Å². The van der Waals surface area contributed by atoms with Crippen molar-refractivity contribution >= 4 is 17.5 Å². The first-order chi connectivity index (χ1) is 8.10. The summed E-state index contributed by atoms with van der Waals surface area (Å²) in [7, 11) is 2.98. The molecule has 0 aliphatic carbocycles. The van der Waals surface area contributed by atoms with Crippen molar-refractivity contribution in [3.8, 4) is 12.0 Å². The molecule has 17 heavy (non-hydrogen) atoms. The molecule has 1 aromatic heterocycles. The van der Waals surface area contributed by atoms with Gasteiger partial charge in [-0.05, 0) is 12.8 Å². The van der Waals surface area contributed by atoms with Gasteiger partial charge in [-0.15, -0.1) is 16.6 Å². The zero-order valence-electron chi connectivity index (χ0n) is 10.4. The summed E-state index contributed by atoms with van der Waals surface area (Å²) in [4.78, 5) is 12.1. The monoisotopic (exact) mass is 260 g/mol. The molecule has 0 fully saturated rings. The zero-order valence-corrected chi connectivity index (χ0v) is 11.2. The van der Waals surface area contributed by atoms with Crippen molar-refractivity contribution < 1.29 is 9.47 Å². The van der Waals surface area contributed by atoms with Crippen LogP contribution in [0.4, 0.5) is 5.95 Å². The number of alkyl halides is 1. The van der Waals surface area contributed by atoms with E-state index in [1.807, 2.05) is 13.8 Å². The lowest BCUT2D eigenvalue weighted by Crippen LogP contribution is -2.26. The van der Waals surface area contributed by atoms with Crippen molar-refractivity contribution in [3.05, 3.63) is 0 Å². The Bertz CT molecular complexity index is 342. The summed E-state index contributed by atoms with van der Waals surface area (Å²) in [5.41, 5.74) is 0. The highest BCUT2D eigenvalue weighted by Gasteiger charge is 2.14. The van der Waals surface area contributed by atoms with Crippen LogP contribution in [0.25, 0.3) is 0 Å². The first-order valence-corrected chi connectivity index (χ1v) is 5.80. The maximum Gasteiger partial charge on any atom is 0.324 e. The Balaban J connectivity index is 2.82. The summed E-state index contributed by atoms with van der Waals surface area (Å²) in [6.45, 7) is 4.05. The van der Waals surface area contributed by atoms with Crippen molar-refractivity contribution in [2.24, 2.45) is 5.92 Å². The first kappa shape index (κ1) is 13.8. The number of nitrogens with zero attached hydrogens (tertiary/aromatic N) is 3. The van der Waals surface area contributed by atoms with E-state index in [-0.39, 0.29) is 18.1 Å². The fourth-order valence-corrected chi connectivity index (χ4v) is 1.33. The highest BCUT2D eigenvalue weighted by molar-refractivity contribution is 6.18. The van der Waals surface area contributed by atoms with E-state index in [0.717, 1.165) is 0 Å². The van der Waals surface area contributed by atoms with Gasteiger partial charge in [0.1, 0.15) is 0 Å². The van der Waals surface area contributed by atoms with Crippen molar-refractivity contribution in [1.82, 2.24) is 15.0 Å². The lowest BCUT2D eigenvalue weighted by atomic mass is 10.1. The molecule has 0 amide bonds. The number of halogens is 1. The number of rotatable bonds is 6. The zero-order chi connectivity index (χ0) is 12.8. The third-order valence-electron chi connectivity index (χ3n) is 2.41. The summed E-state index contributed by atoms with van der Waals surface area (Å²) >= 11 is 5.79. The number of anilines is 1. The average Bonchev–Trinajstić information content (AvgIpc) is 2.36. The summed E-state index contributed by atoms with van der Waals surface area (Å²) < 4.78 is 9.91. The molecule has 1 heterocycles. The van der Waals surface area contributed by atoms with Gasteiger partial charge in [0.25, 0.3) is 0 Å². The van der Waals surface area contributed by atoms with Gasteiger partial charge in [-0.2, -0.15) is 9.97 Å². The average molecular weight is 261 g/mol. The molecule has 0 saturated carbocycles. The fourth-order valence-electron chi connectivity index (χ4n) is 1.06. The van der Waals surface area contributed by atoms with Gasteiger partial charge in [-0.1, -0.05) is 6.92 Å². The molecule has 0 bridgehead atoms. The van der Waals surface area contributed by atoms with Crippen molar-refractivity contribution in [1.29, 1.82) is 0 Å².